The van der Waals surface area contributed by atoms with E-state index in [0.29, 0.717) is 19.7 Å². The van der Waals surface area contributed by atoms with Crippen molar-refractivity contribution >= 4 is 12.0 Å². The Kier molecular flexibility index (Phi) is 3.73. The molecule has 2 heterocycles. The number of ether oxygens (including phenoxy) is 1. The van der Waals surface area contributed by atoms with E-state index in [0.717, 1.165) is 11.4 Å². The Morgan fingerprint density at radius 2 is 2.32 bits per heavy atom. The minimum atomic E-state index is -0.418. The first kappa shape index (κ1) is 13.4. The number of carbonyl (C=O) groups is 2. The van der Waals surface area contributed by atoms with E-state index in [-0.39, 0.29) is 12.5 Å². The van der Waals surface area contributed by atoms with E-state index in [9.17, 15) is 9.59 Å². The van der Waals surface area contributed by atoms with Crippen LogP contribution in [0.25, 0.3) is 0 Å². The summed E-state index contributed by atoms with van der Waals surface area (Å²) in [5, 5.41) is 4.23. The van der Waals surface area contributed by atoms with Crippen LogP contribution in [0.15, 0.2) is 6.07 Å². The number of hydrogen-bond donors (Lipinski definition) is 0. The average molecular weight is 266 g/mol. The van der Waals surface area contributed by atoms with E-state index in [1.54, 1.807) is 16.6 Å². The number of aromatic nitrogens is 2. The van der Waals surface area contributed by atoms with Crippen LogP contribution in [-0.2, 0) is 23.1 Å². The highest BCUT2D eigenvalue weighted by atomic mass is 16.6. The first-order chi connectivity index (χ1) is 8.97. The van der Waals surface area contributed by atoms with Crippen LogP contribution in [0.2, 0.25) is 0 Å². The lowest BCUT2D eigenvalue weighted by Gasteiger charge is -2.20. The maximum atomic E-state index is 12.0. The number of aryl methyl sites for hydroxylation is 2. The summed E-state index contributed by atoms with van der Waals surface area (Å²) in [7, 11) is 3.56. The highest BCUT2D eigenvalue weighted by molar-refractivity contribution is 5.82. The van der Waals surface area contributed by atoms with Crippen LogP contribution in [0.4, 0.5) is 4.79 Å². The molecule has 1 aliphatic rings. The summed E-state index contributed by atoms with van der Waals surface area (Å²) < 4.78 is 6.54. The van der Waals surface area contributed by atoms with Gasteiger partial charge in [0.2, 0.25) is 5.91 Å². The third kappa shape index (κ3) is 3.04. The van der Waals surface area contributed by atoms with Gasteiger partial charge in [-0.05, 0) is 13.0 Å². The van der Waals surface area contributed by atoms with Crippen LogP contribution in [0.1, 0.15) is 11.4 Å². The molecule has 1 fully saturated rings. The van der Waals surface area contributed by atoms with Gasteiger partial charge in [0, 0.05) is 14.1 Å². The van der Waals surface area contributed by atoms with Gasteiger partial charge in [-0.1, -0.05) is 0 Å². The van der Waals surface area contributed by atoms with E-state index in [2.05, 4.69) is 5.10 Å². The van der Waals surface area contributed by atoms with E-state index in [1.165, 1.54) is 4.90 Å². The van der Waals surface area contributed by atoms with Gasteiger partial charge in [-0.25, -0.2) is 4.79 Å². The third-order valence-electron chi connectivity index (χ3n) is 3.09. The van der Waals surface area contributed by atoms with Crippen LogP contribution >= 0.6 is 0 Å². The molecular weight excluding hydrogens is 248 g/mol. The predicted octanol–water partition coefficient (Wildman–Crippen LogP) is 0.139. The summed E-state index contributed by atoms with van der Waals surface area (Å²) in [5.74, 6) is -0.113. The van der Waals surface area contributed by atoms with Gasteiger partial charge in [-0.2, -0.15) is 5.10 Å². The van der Waals surface area contributed by atoms with Crippen molar-refractivity contribution in [3.05, 3.63) is 17.5 Å². The quantitative estimate of drug-likeness (QED) is 0.777. The van der Waals surface area contributed by atoms with Crippen LogP contribution in [0.3, 0.4) is 0 Å². The number of likely N-dealkylation sites (N-methyl/N-ethyl adjacent to an activating group) is 1. The highest BCUT2D eigenvalue weighted by Crippen LogP contribution is 2.07. The SMILES string of the molecule is Cc1cc(CN(C)C(=O)CN2CCOC2=O)n(C)n1. The zero-order valence-electron chi connectivity index (χ0n) is 11.4. The average Bonchev–Trinajstić information content (AvgIpc) is 2.86. The molecule has 0 aliphatic carbocycles. The molecule has 1 aromatic rings. The van der Waals surface area contributed by atoms with Crippen LogP contribution < -0.4 is 0 Å². The fourth-order valence-electron chi connectivity index (χ4n) is 2.00. The van der Waals surface area contributed by atoms with Gasteiger partial charge in [-0.3, -0.25) is 14.4 Å². The number of nitrogens with zero attached hydrogens (tertiary/aromatic N) is 4. The zero-order valence-corrected chi connectivity index (χ0v) is 11.4. The zero-order chi connectivity index (χ0) is 14.0. The maximum absolute atomic E-state index is 12.0. The highest BCUT2D eigenvalue weighted by Gasteiger charge is 2.25. The second-order valence-electron chi connectivity index (χ2n) is 4.69. The number of carbonyl (C=O) groups excluding carboxylic acids is 2. The van der Waals surface area contributed by atoms with Gasteiger partial charge in [0.15, 0.2) is 0 Å². The molecule has 7 heteroatoms. The molecule has 1 aliphatic heterocycles. The molecule has 104 valence electrons. The maximum Gasteiger partial charge on any atom is 0.410 e. The third-order valence-corrected chi connectivity index (χ3v) is 3.09. The molecule has 19 heavy (non-hydrogen) atoms. The summed E-state index contributed by atoms with van der Waals surface area (Å²) in [6, 6.07) is 1.94. The molecule has 0 aromatic carbocycles. The molecule has 0 N–H and O–H groups in total. The summed E-state index contributed by atoms with van der Waals surface area (Å²) in [6.45, 7) is 3.27. The van der Waals surface area contributed by atoms with Crippen molar-refractivity contribution in [2.24, 2.45) is 7.05 Å². The lowest BCUT2D eigenvalue weighted by Crippen LogP contribution is -2.38. The molecule has 1 saturated heterocycles. The normalized spacial score (nSPS) is 14.7. The van der Waals surface area contributed by atoms with Crippen molar-refractivity contribution < 1.29 is 14.3 Å². The van der Waals surface area contributed by atoms with Gasteiger partial charge >= 0.3 is 6.09 Å². The second-order valence-corrected chi connectivity index (χ2v) is 4.69. The molecular formula is C12H18N4O3. The first-order valence-electron chi connectivity index (χ1n) is 6.12. The largest absolute Gasteiger partial charge is 0.448 e. The van der Waals surface area contributed by atoms with Crippen molar-refractivity contribution in [2.75, 3.05) is 26.7 Å². The van der Waals surface area contributed by atoms with Gasteiger partial charge in [0.25, 0.3) is 0 Å². The molecule has 0 radical (unpaired) electrons. The van der Waals surface area contributed by atoms with Crippen LogP contribution in [-0.4, -0.2) is 58.3 Å². The van der Waals surface area contributed by atoms with E-state index in [1.807, 2.05) is 20.0 Å². The Hall–Kier alpha value is -2.05. The monoisotopic (exact) mass is 266 g/mol. The fourth-order valence-corrected chi connectivity index (χ4v) is 2.00. The van der Waals surface area contributed by atoms with Crippen molar-refractivity contribution in [1.82, 2.24) is 19.6 Å². The fraction of sp³-hybridized carbons (Fsp3) is 0.583. The number of hydrogen-bond acceptors (Lipinski definition) is 4. The van der Waals surface area contributed by atoms with Crippen molar-refractivity contribution in [3.63, 3.8) is 0 Å². The lowest BCUT2D eigenvalue weighted by atomic mass is 10.3. The van der Waals surface area contributed by atoms with Crippen molar-refractivity contribution in [2.45, 2.75) is 13.5 Å². The summed E-state index contributed by atoms with van der Waals surface area (Å²) in [6.07, 6.45) is -0.418. The number of cyclic esters (lactones) is 1. The van der Waals surface area contributed by atoms with E-state index < -0.39 is 6.09 Å². The second kappa shape index (κ2) is 5.29. The minimum Gasteiger partial charge on any atom is -0.448 e. The lowest BCUT2D eigenvalue weighted by molar-refractivity contribution is -0.131. The van der Waals surface area contributed by atoms with Crippen LogP contribution in [0, 0.1) is 6.92 Å². The number of rotatable bonds is 4. The van der Waals surface area contributed by atoms with Gasteiger partial charge in [0.05, 0.1) is 24.5 Å². The Morgan fingerprint density at radius 1 is 1.58 bits per heavy atom. The molecule has 0 unspecified atom stereocenters. The Morgan fingerprint density at radius 3 is 2.84 bits per heavy atom. The van der Waals surface area contributed by atoms with Crippen LogP contribution in [0.5, 0.6) is 0 Å². The van der Waals surface area contributed by atoms with Crippen molar-refractivity contribution in [3.8, 4) is 0 Å². The molecule has 0 bridgehead atoms. The summed E-state index contributed by atoms with van der Waals surface area (Å²) in [4.78, 5) is 26.3. The molecule has 2 amide bonds. The Bertz CT molecular complexity index is 497. The number of amides is 2. The van der Waals surface area contributed by atoms with E-state index in [4.69, 9.17) is 4.74 Å². The predicted molar refractivity (Wildman–Crippen MR) is 67.3 cm³/mol. The molecule has 2 rings (SSSR count). The molecule has 1 aromatic heterocycles. The Labute approximate surface area is 111 Å². The van der Waals surface area contributed by atoms with Gasteiger partial charge in [0.1, 0.15) is 13.2 Å². The summed E-state index contributed by atoms with van der Waals surface area (Å²) in [5.41, 5.74) is 1.87. The Balaban J connectivity index is 1.92. The minimum absolute atomic E-state index is 0.0617. The molecule has 7 nitrogen and oxygen atoms in total. The van der Waals surface area contributed by atoms with Gasteiger partial charge in [-0.15, -0.1) is 0 Å². The molecule has 0 spiro atoms. The smallest absolute Gasteiger partial charge is 0.410 e. The summed E-state index contributed by atoms with van der Waals surface area (Å²) >= 11 is 0. The first-order valence-corrected chi connectivity index (χ1v) is 6.12. The standard InChI is InChI=1S/C12H18N4O3/c1-9-6-10(15(3)13-9)7-14(2)11(17)8-16-4-5-19-12(16)18/h6H,4-5,7-8H2,1-3H3. The molecule has 0 atom stereocenters. The van der Waals surface area contributed by atoms with Gasteiger partial charge < -0.3 is 9.64 Å². The van der Waals surface area contributed by atoms with E-state index >= 15 is 0 Å². The van der Waals surface area contributed by atoms with Crippen molar-refractivity contribution in [1.29, 1.82) is 0 Å². The molecule has 0 saturated carbocycles. The topological polar surface area (TPSA) is 67.7 Å².